The fourth-order valence-electron chi connectivity index (χ4n) is 2.17. The first-order chi connectivity index (χ1) is 8.16. The van der Waals surface area contributed by atoms with E-state index >= 15 is 0 Å². The molecule has 1 aliphatic carbocycles. The van der Waals surface area contributed by atoms with E-state index in [0.29, 0.717) is 11.1 Å². The number of rotatable bonds is 2. The number of esters is 1. The fourth-order valence-corrected chi connectivity index (χ4v) is 2.17. The molecule has 0 radical (unpaired) electrons. The summed E-state index contributed by atoms with van der Waals surface area (Å²) in [7, 11) is 0. The third-order valence-electron chi connectivity index (χ3n) is 3.22. The van der Waals surface area contributed by atoms with E-state index in [-0.39, 0.29) is 17.9 Å². The first kappa shape index (κ1) is 12.1. The molecule has 0 atom stereocenters. The van der Waals surface area contributed by atoms with Gasteiger partial charge in [-0.05, 0) is 56.4 Å². The zero-order valence-electron chi connectivity index (χ0n) is 10.0. The molecule has 0 N–H and O–H groups in total. The maximum absolute atomic E-state index is 13.1. The number of hydrogen-bond acceptors (Lipinski definition) is 2. The van der Waals surface area contributed by atoms with Crippen LogP contribution in [0.25, 0.3) is 0 Å². The lowest BCUT2D eigenvalue weighted by molar-refractivity contribution is 0.0211. The number of hydrogen-bond donors (Lipinski definition) is 0. The van der Waals surface area contributed by atoms with Gasteiger partial charge in [0.25, 0.3) is 0 Å². The van der Waals surface area contributed by atoms with E-state index in [1.807, 2.05) is 0 Å². The van der Waals surface area contributed by atoms with Crippen molar-refractivity contribution in [2.24, 2.45) is 0 Å². The maximum Gasteiger partial charge on any atom is 0.338 e. The minimum absolute atomic E-state index is 0.0432. The molecule has 0 bridgehead atoms. The topological polar surface area (TPSA) is 26.3 Å². The van der Waals surface area contributed by atoms with Gasteiger partial charge in [-0.3, -0.25) is 0 Å². The van der Waals surface area contributed by atoms with Crippen LogP contribution in [-0.4, -0.2) is 12.1 Å². The molecule has 1 fully saturated rings. The Labute approximate surface area is 101 Å². The standard InChI is InChI=1S/C14H17FO2/c1-10-9-11(7-8-13(10)15)14(16)17-12-5-3-2-4-6-12/h7-9,12H,2-6H2,1H3. The molecule has 1 aromatic carbocycles. The summed E-state index contributed by atoms with van der Waals surface area (Å²) < 4.78 is 18.5. The van der Waals surface area contributed by atoms with Crippen molar-refractivity contribution in [2.75, 3.05) is 0 Å². The van der Waals surface area contributed by atoms with Crippen LogP contribution < -0.4 is 0 Å². The lowest BCUT2D eigenvalue weighted by atomic mass is 9.98. The van der Waals surface area contributed by atoms with Gasteiger partial charge in [0.05, 0.1) is 5.56 Å². The summed E-state index contributed by atoms with van der Waals surface area (Å²) in [6.07, 6.45) is 5.42. The summed E-state index contributed by atoms with van der Waals surface area (Å²) in [5.41, 5.74) is 0.914. The zero-order valence-corrected chi connectivity index (χ0v) is 10.0. The van der Waals surface area contributed by atoms with Crippen molar-refractivity contribution < 1.29 is 13.9 Å². The Hall–Kier alpha value is -1.38. The molecule has 3 heteroatoms. The Balaban J connectivity index is 2.01. The minimum atomic E-state index is -0.333. The molecular formula is C14H17FO2. The largest absolute Gasteiger partial charge is 0.459 e. The van der Waals surface area contributed by atoms with Crippen molar-refractivity contribution in [3.8, 4) is 0 Å². The number of ether oxygens (including phenoxy) is 1. The smallest absolute Gasteiger partial charge is 0.338 e. The van der Waals surface area contributed by atoms with E-state index in [9.17, 15) is 9.18 Å². The highest BCUT2D eigenvalue weighted by molar-refractivity contribution is 5.89. The van der Waals surface area contributed by atoms with Crippen LogP contribution in [-0.2, 0) is 4.74 Å². The van der Waals surface area contributed by atoms with Crippen LogP contribution in [0.4, 0.5) is 4.39 Å². The molecule has 0 heterocycles. The van der Waals surface area contributed by atoms with Crippen molar-refractivity contribution >= 4 is 5.97 Å². The molecule has 0 unspecified atom stereocenters. The van der Waals surface area contributed by atoms with Crippen molar-refractivity contribution in [1.82, 2.24) is 0 Å². The molecule has 1 aromatic rings. The SMILES string of the molecule is Cc1cc(C(=O)OC2CCCCC2)ccc1F. The van der Waals surface area contributed by atoms with Crippen molar-refractivity contribution in [3.63, 3.8) is 0 Å². The molecule has 2 nitrogen and oxygen atoms in total. The number of carbonyl (C=O) groups is 1. The predicted octanol–water partition coefficient (Wildman–Crippen LogP) is 3.62. The third-order valence-corrected chi connectivity index (χ3v) is 3.22. The first-order valence-corrected chi connectivity index (χ1v) is 6.14. The highest BCUT2D eigenvalue weighted by atomic mass is 19.1. The highest BCUT2D eigenvalue weighted by Gasteiger charge is 2.18. The van der Waals surface area contributed by atoms with Crippen LogP contribution in [0.1, 0.15) is 48.0 Å². The van der Waals surface area contributed by atoms with E-state index in [0.717, 1.165) is 25.7 Å². The molecule has 17 heavy (non-hydrogen) atoms. The van der Waals surface area contributed by atoms with Crippen LogP contribution >= 0.6 is 0 Å². The Morgan fingerprint density at radius 2 is 2.00 bits per heavy atom. The van der Waals surface area contributed by atoms with Crippen molar-refractivity contribution in [1.29, 1.82) is 0 Å². The Kier molecular flexibility index (Phi) is 3.77. The minimum Gasteiger partial charge on any atom is -0.459 e. The number of carbonyl (C=O) groups excluding carboxylic acids is 1. The molecule has 92 valence electrons. The molecule has 0 amide bonds. The Bertz CT molecular complexity index is 409. The second kappa shape index (κ2) is 5.30. The molecule has 0 aliphatic heterocycles. The van der Waals surface area contributed by atoms with Gasteiger partial charge in [0.15, 0.2) is 0 Å². The van der Waals surface area contributed by atoms with Gasteiger partial charge in [0, 0.05) is 0 Å². The molecular weight excluding hydrogens is 219 g/mol. The molecule has 1 aliphatic rings. The van der Waals surface area contributed by atoms with Gasteiger partial charge in [0.2, 0.25) is 0 Å². The van der Waals surface area contributed by atoms with Crippen LogP contribution in [0, 0.1) is 12.7 Å². The average Bonchev–Trinajstić information content (AvgIpc) is 2.34. The molecule has 2 rings (SSSR count). The lowest BCUT2D eigenvalue weighted by Gasteiger charge is -2.21. The summed E-state index contributed by atoms with van der Waals surface area (Å²) in [4.78, 5) is 11.8. The van der Waals surface area contributed by atoms with Gasteiger partial charge >= 0.3 is 5.97 Å². The number of benzene rings is 1. The summed E-state index contributed by atoms with van der Waals surface area (Å²) in [6, 6.07) is 4.33. The zero-order chi connectivity index (χ0) is 12.3. The predicted molar refractivity (Wildman–Crippen MR) is 63.4 cm³/mol. The Morgan fingerprint density at radius 3 is 2.65 bits per heavy atom. The second-order valence-electron chi connectivity index (χ2n) is 4.63. The van der Waals surface area contributed by atoms with Gasteiger partial charge < -0.3 is 4.74 Å². The van der Waals surface area contributed by atoms with E-state index in [4.69, 9.17) is 4.74 Å². The van der Waals surface area contributed by atoms with Crippen LogP contribution in [0.3, 0.4) is 0 Å². The number of aryl methyl sites for hydroxylation is 1. The normalized spacial score (nSPS) is 16.8. The number of halogens is 1. The van der Waals surface area contributed by atoms with Gasteiger partial charge in [0.1, 0.15) is 11.9 Å². The summed E-state index contributed by atoms with van der Waals surface area (Å²) >= 11 is 0. The van der Waals surface area contributed by atoms with E-state index in [2.05, 4.69) is 0 Å². The van der Waals surface area contributed by atoms with E-state index in [1.54, 1.807) is 13.0 Å². The summed E-state index contributed by atoms with van der Waals surface area (Å²) in [5, 5.41) is 0. The van der Waals surface area contributed by atoms with Gasteiger partial charge in [-0.1, -0.05) is 6.42 Å². The third kappa shape index (κ3) is 3.05. The molecule has 1 saturated carbocycles. The quantitative estimate of drug-likeness (QED) is 0.733. The Morgan fingerprint density at radius 1 is 1.29 bits per heavy atom. The summed E-state index contributed by atoms with van der Waals surface area (Å²) in [6.45, 7) is 1.65. The van der Waals surface area contributed by atoms with Crippen molar-refractivity contribution in [3.05, 3.63) is 35.1 Å². The van der Waals surface area contributed by atoms with Gasteiger partial charge in [-0.15, -0.1) is 0 Å². The van der Waals surface area contributed by atoms with Gasteiger partial charge in [-0.2, -0.15) is 0 Å². The monoisotopic (exact) mass is 236 g/mol. The second-order valence-corrected chi connectivity index (χ2v) is 4.63. The first-order valence-electron chi connectivity index (χ1n) is 6.14. The lowest BCUT2D eigenvalue weighted by Crippen LogP contribution is -2.21. The fraction of sp³-hybridized carbons (Fsp3) is 0.500. The molecule has 0 spiro atoms. The van der Waals surface area contributed by atoms with Crippen LogP contribution in [0.5, 0.6) is 0 Å². The molecule has 0 aromatic heterocycles. The van der Waals surface area contributed by atoms with Crippen LogP contribution in [0.15, 0.2) is 18.2 Å². The molecule has 0 saturated heterocycles. The average molecular weight is 236 g/mol. The van der Waals surface area contributed by atoms with E-state index < -0.39 is 0 Å². The summed E-state index contributed by atoms with van der Waals surface area (Å²) in [5.74, 6) is -0.626. The van der Waals surface area contributed by atoms with Crippen LogP contribution in [0.2, 0.25) is 0 Å². The van der Waals surface area contributed by atoms with Gasteiger partial charge in [-0.25, -0.2) is 9.18 Å². The van der Waals surface area contributed by atoms with Crippen molar-refractivity contribution in [2.45, 2.75) is 45.1 Å². The van der Waals surface area contributed by atoms with E-state index in [1.165, 1.54) is 18.6 Å². The maximum atomic E-state index is 13.1. The highest BCUT2D eigenvalue weighted by Crippen LogP contribution is 2.21.